The molecule has 2 heterocycles. The zero-order chi connectivity index (χ0) is 11.8. The number of carboxylic acid groups (broad SMARTS) is 1. The van der Waals surface area contributed by atoms with Crippen LogP contribution in [0.1, 0.15) is 34.9 Å². The molecule has 1 aliphatic rings. The Bertz CT molecular complexity index is 555. The maximum absolute atomic E-state index is 10.7. The molecule has 0 spiro atoms. The number of pyridine rings is 1. The molecule has 0 unspecified atom stereocenters. The number of hydrogen-bond donors (Lipinski definition) is 1. The molecule has 3 rings (SSSR count). The zero-order valence-corrected chi connectivity index (χ0v) is 9.08. The van der Waals surface area contributed by atoms with E-state index >= 15 is 0 Å². The first-order valence-corrected chi connectivity index (χ1v) is 5.49. The van der Waals surface area contributed by atoms with E-state index in [9.17, 15) is 4.79 Å². The first-order chi connectivity index (χ1) is 8.24. The molecule has 0 atom stereocenters. The molecular formula is C12H11N3O2. The van der Waals surface area contributed by atoms with E-state index < -0.39 is 5.97 Å². The van der Waals surface area contributed by atoms with Gasteiger partial charge in [0.15, 0.2) is 0 Å². The van der Waals surface area contributed by atoms with Crippen LogP contribution in [0.5, 0.6) is 0 Å². The molecule has 17 heavy (non-hydrogen) atoms. The number of rotatable bonds is 3. The summed E-state index contributed by atoms with van der Waals surface area (Å²) in [5.41, 5.74) is 1.93. The van der Waals surface area contributed by atoms with Gasteiger partial charge in [-0.25, -0.2) is 14.5 Å². The number of carboxylic acids is 1. The van der Waals surface area contributed by atoms with Gasteiger partial charge in [0, 0.05) is 12.1 Å². The van der Waals surface area contributed by atoms with Crippen molar-refractivity contribution in [3.8, 4) is 5.69 Å². The SMILES string of the molecule is O=C(O)c1ccc(-n2ccc(C3CC3)n2)cn1. The van der Waals surface area contributed by atoms with E-state index in [1.807, 2.05) is 12.3 Å². The van der Waals surface area contributed by atoms with E-state index in [-0.39, 0.29) is 5.69 Å². The van der Waals surface area contributed by atoms with Crippen LogP contribution in [-0.4, -0.2) is 25.8 Å². The van der Waals surface area contributed by atoms with Crippen molar-refractivity contribution in [2.45, 2.75) is 18.8 Å². The second-order valence-corrected chi connectivity index (χ2v) is 4.17. The minimum Gasteiger partial charge on any atom is -0.477 e. The van der Waals surface area contributed by atoms with Crippen LogP contribution in [0.15, 0.2) is 30.6 Å². The van der Waals surface area contributed by atoms with E-state index in [0.717, 1.165) is 11.4 Å². The van der Waals surface area contributed by atoms with Crippen LogP contribution in [0.3, 0.4) is 0 Å². The number of nitrogens with zero attached hydrogens (tertiary/aromatic N) is 3. The molecule has 1 aliphatic carbocycles. The molecule has 1 N–H and O–H groups in total. The fraction of sp³-hybridized carbons (Fsp3) is 0.250. The highest BCUT2D eigenvalue weighted by atomic mass is 16.4. The molecule has 0 aliphatic heterocycles. The summed E-state index contributed by atoms with van der Waals surface area (Å²) < 4.78 is 1.73. The fourth-order valence-corrected chi connectivity index (χ4v) is 1.73. The summed E-state index contributed by atoms with van der Waals surface area (Å²) in [5, 5.41) is 13.2. The van der Waals surface area contributed by atoms with Gasteiger partial charge in [0.1, 0.15) is 5.69 Å². The van der Waals surface area contributed by atoms with Crippen molar-refractivity contribution in [2.24, 2.45) is 0 Å². The van der Waals surface area contributed by atoms with Crippen molar-refractivity contribution < 1.29 is 9.90 Å². The Morgan fingerprint density at radius 1 is 1.35 bits per heavy atom. The molecule has 0 bridgehead atoms. The largest absolute Gasteiger partial charge is 0.477 e. The Kier molecular flexibility index (Phi) is 2.18. The third-order valence-corrected chi connectivity index (χ3v) is 2.84. The molecule has 1 fully saturated rings. The van der Waals surface area contributed by atoms with Crippen LogP contribution in [0.4, 0.5) is 0 Å². The molecule has 2 aromatic heterocycles. The van der Waals surface area contributed by atoms with Crippen molar-refractivity contribution in [1.29, 1.82) is 0 Å². The lowest BCUT2D eigenvalue weighted by Gasteiger charge is -2.00. The van der Waals surface area contributed by atoms with Gasteiger partial charge >= 0.3 is 5.97 Å². The predicted octanol–water partition coefficient (Wildman–Crippen LogP) is 1.84. The molecular weight excluding hydrogens is 218 g/mol. The van der Waals surface area contributed by atoms with Gasteiger partial charge in [0.25, 0.3) is 0 Å². The maximum Gasteiger partial charge on any atom is 0.354 e. The molecule has 2 aromatic rings. The highest BCUT2D eigenvalue weighted by molar-refractivity contribution is 5.85. The van der Waals surface area contributed by atoms with Crippen LogP contribution in [-0.2, 0) is 0 Å². The smallest absolute Gasteiger partial charge is 0.354 e. The molecule has 5 heteroatoms. The Morgan fingerprint density at radius 3 is 2.76 bits per heavy atom. The monoisotopic (exact) mass is 229 g/mol. The molecule has 86 valence electrons. The summed E-state index contributed by atoms with van der Waals surface area (Å²) in [6.45, 7) is 0. The van der Waals surface area contributed by atoms with Crippen molar-refractivity contribution in [3.05, 3.63) is 42.0 Å². The molecule has 0 amide bonds. The van der Waals surface area contributed by atoms with Gasteiger partial charge in [-0.1, -0.05) is 0 Å². The van der Waals surface area contributed by atoms with Gasteiger partial charge in [-0.15, -0.1) is 0 Å². The van der Waals surface area contributed by atoms with Crippen molar-refractivity contribution in [3.63, 3.8) is 0 Å². The van der Waals surface area contributed by atoms with Crippen molar-refractivity contribution in [2.75, 3.05) is 0 Å². The van der Waals surface area contributed by atoms with E-state index in [1.54, 1.807) is 10.7 Å². The number of hydrogen-bond acceptors (Lipinski definition) is 3. The Hall–Kier alpha value is -2.17. The van der Waals surface area contributed by atoms with Crippen LogP contribution >= 0.6 is 0 Å². The molecule has 1 saturated carbocycles. The standard InChI is InChI=1S/C12H11N3O2/c16-12(17)11-4-3-9(7-13-11)15-6-5-10(14-15)8-1-2-8/h3-8H,1-2H2,(H,16,17). The topological polar surface area (TPSA) is 68.0 Å². The minimum atomic E-state index is -1.02. The summed E-state index contributed by atoms with van der Waals surface area (Å²) in [6, 6.07) is 5.19. The third kappa shape index (κ3) is 1.91. The van der Waals surface area contributed by atoms with Gasteiger partial charge in [-0.2, -0.15) is 5.10 Å². The predicted molar refractivity (Wildman–Crippen MR) is 60.3 cm³/mol. The lowest BCUT2D eigenvalue weighted by atomic mass is 10.3. The van der Waals surface area contributed by atoms with E-state index in [1.165, 1.54) is 25.1 Å². The lowest BCUT2D eigenvalue weighted by Crippen LogP contribution is -2.02. The van der Waals surface area contributed by atoms with Crippen LogP contribution in [0, 0.1) is 0 Å². The zero-order valence-electron chi connectivity index (χ0n) is 9.08. The Morgan fingerprint density at radius 2 is 2.18 bits per heavy atom. The van der Waals surface area contributed by atoms with Gasteiger partial charge < -0.3 is 5.11 Å². The highest BCUT2D eigenvalue weighted by Gasteiger charge is 2.25. The average Bonchev–Trinajstić information content (AvgIpc) is 3.07. The normalized spacial score (nSPS) is 14.8. The number of carbonyl (C=O) groups is 1. The quantitative estimate of drug-likeness (QED) is 0.872. The number of aromatic carboxylic acids is 1. The Labute approximate surface area is 97.7 Å². The van der Waals surface area contributed by atoms with Gasteiger partial charge in [0.2, 0.25) is 0 Å². The van der Waals surface area contributed by atoms with Gasteiger partial charge in [-0.05, 0) is 31.0 Å². The summed E-state index contributed by atoms with van der Waals surface area (Å²) in [7, 11) is 0. The summed E-state index contributed by atoms with van der Waals surface area (Å²) in [4.78, 5) is 14.5. The molecule has 0 aromatic carbocycles. The summed E-state index contributed by atoms with van der Waals surface area (Å²) in [5.74, 6) is -0.404. The summed E-state index contributed by atoms with van der Waals surface area (Å²) in [6.07, 6.45) is 5.83. The van der Waals surface area contributed by atoms with E-state index in [4.69, 9.17) is 5.11 Å². The molecule has 5 nitrogen and oxygen atoms in total. The van der Waals surface area contributed by atoms with Gasteiger partial charge in [-0.3, -0.25) is 0 Å². The number of aromatic nitrogens is 3. The highest BCUT2D eigenvalue weighted by Crippen LogP contribution is 2.38. The maximum atomic E-state index is 10.7. The van der Waals surface area contributed by atoms with Crippen LogP contribution in [0.25, 0.3) is 5.69 Å². The second kappa shape index (κ2) is 3.69. The minimum absolute atomic E-state index is 0.0447. The fourth-order valence-electron chi connectivity index (χ4n) is 1.73. The van der Waals surface area contributed by atoms with E-state index in [0.29, 0.717) is 5.92 Å². The van der Waals surface area contributed by atoms with Crippen molar-refractivity contribution >= 4 is 5.97 Å². The van der Waals surface area contributed by atoms with Crippen molar-refractivity contribution in [1.82, 2.24) is 14.8 Å². The Balaban J connectivity index is 1.89. The second-order valence-electron chi connectivity index (χ2n) is 4.17. The average molecular weight is 229 g/mol. The summed E-state index contributed by atoms with van der Waals surface area (Å²) >= 11 is 0. The molecule has 0 radical (unpaired) electrons. The van der Waals surface area contributed by atoms with Crippen LogP contribution in [0.2, 0.25) is 0 Å². The molecule has 0 saturated heterocycles. The first-order valence-electron chi connectivity index (χ1n) is 5.49. The lowest BCUT2D eigenvalue weighted by molar-refractivity contribution is 0.0690. The van der Waals surface area contributed by atoms with Crippen LogP contribution < -0.4 is 0 Å². The van der Waals surface area contributed by atoms with Gasteiger partial charge in [0.05, 0.1) is 17.6 Å². The first kappa shape index (κ1) is 10.0. The third-order valence-electron chi connectivity index (χ3n) is 2.84. The van der Waals surface area contributed by atoms with E-state index in [2.05, 4.69) is 10.1 Å².